The normalized spacial score (nSPS) is 17.6. The summed E-state index contributed by atoms with van der Waals surface area (Å²) in [4.78, 5) is 27.6. The number of nitrogens with one attached hydrogen (secondary N) is 1. The lowest BCUT2D eigenvalue weighted by Gasteiger charge is -2.35. The summed E-state index contributed by atoms with van der Waals surface area (Å²) in [6.45, 7) is 0.861. The molecule has 1 atom stereocenters. The third kappa shape index (κ3) is 2.89. The van der Waals surface area contributed by atoms with E-state index in [-0.39, 0.29) is 17.6 Å². The van der Waals surface area contributed by atoms with Gasteiger partial charge in [0, 0.05) is 17.8 Å². The molecular weight excluding hydrogens is 339 g/mol. The van der Waals surface area contributed by atoms with Gasteiger partial charge in [-0.2, -0.15) is 0 Å². The number of hydrogen-bond donors (Lipinski definition) is 1. The maximum atomic E-state index is 13.4. The molecule has 0 unspecified atom stereocenters. The van der Waals surface area contributed by atoms with Gasteiger partial charge >= 0.3 is 0 Å². The minimum Gasteiger partial charge on any atom is -0.352 e. The van der Waals surface area contributed by atoms with Crippen molar-refractivity contribution in [1.29, 1.82) is 0 Å². The van der Waals surface area contributed by atoms with E-state index in [1.54, 1.807) is 17.0 Å². The quantitative estimate of drug-likeness (QED) is 0.767. The highest BCUT2D eigenvalue weighted by atomic mass is 32.1. The van der Waals surface area contributed by atoms with E-state index in [0.29, 0.717) is 23.4 Å². The molecule has 1 aliphatic heterocycles. The van der Waals surface area contributed by atoms with Gasteiger partial charge < -0.3 is 10.2 Å². The van der Waals surface area contributed by atoms with Gasteiger partial charge in [0.25, 0.3) is 5.91 Å². The number of carbonyl (C=O) groups excluding carboxylic acids is 2. The number of benzene rings is 2. The summed E-state index contributed by atoms with van der Waals surface area (Å²) < 4.78 is 14.2. The molecule has 2 amide bonds. The number of halogens is 1. The third-order valence-corrected chi connectivity index (χ3v) is 5.38. The summed E-state index contributed by atoms with van der Waals surface area (Å²) >= 11 is 1.32. The van der Waals surface area contributed by atoms with E-state index in [2.05, 4.69) is 5.32 Å². The minimum absolute atomic E-state index is 0.182. The van der Waals surface area contributed by atoms with Crippen LogP contribution in [0.2, 0.25) is 0 Å². The molecule has 1 aliphatic rings. The van der Waals surface area contributed by atoms with Crippen molar-refractivity contribution in [3.8, 4) is 0 Å². The molecule has 2 aromatic carbocycles. The maximum absolute atomic E-state index is 13.4. The van der Waals surface area contributed by atoms with Gasteiger partial charge in [-0.1, -0.05) is 30.3 Å². The van der Waals surface area contributed by atoms with Gasteiger partial charge in [0.15, 0.2) is 0 Å². The first kappa shape index (κ1) is 15.8. The summed E-state index contributed by atoms with van der Waals surface area (Å²) in [5.41, 5.74) is 0.778. The summed E-state index contributed by atoms with van der Waals surface area (Å²) in [7, 11) is 0. The Kier molecular flexibility index (Phi) is 3.97. The Labute approximate surface area is 147 Å². The van der Waals surface area contributed by atoms with Crippen molar-refractivity contribution in [2.45, 2.75) is 6.04 Å². The van der Waals surface area contributed by atoms with Gasteiger partial charge in [-0.05, 0) is 35.2 Å². The molecule has 126 valence electrons. The standard InChI is InChI=1S/C19H15FN2O2S/c20-14-6-7-15-13(10-14)11-16(25-15)19(24)22-9-8-21-18(23)17(22)12-4-2-1-3-5-12/h1-7,10-11,17H,8-9H2,(H,21,23)/t17-/m1/s1. The lowest BCUT2D eigenvalue weighted by atomic mass is 10.0. The van der Waals surface area contributed by atoms with Gasteiger partial charge in [0.1, 0.15) is 11.9 Å². The first-order chi connectivity index (χ1) is 12.1. The van der Waals surface area contributed by atoms with Crippen LogP contribution in [0.25, 0.3) is 10.1 Å². The zero-order valence-electron chi connectivity index (χ0n) is 13.2. The largest absolute Gasteiger partial charge is 0.352 e. The van der Waals surface area contributed by atoms with Crippen LogP contribution in [0.1, 0.15) is 21.3 Å². The van der Waals surface area contributed by atoms with Crippen LogP contribution in [0.15, 0.2) is 54.6 Å². The number of amides is 2. The second kappa shape index (κ2) is 6.29. The van der Waals surface area contributed by atoms with E-state index in [4.69, 9.17) is 0 Å². The number of thiophene rings is 1. The van der Waals surface area contributed by atoms with Crippen LogP contribution in [-0.2, 0) is 4.79 Å². The number of fused-ring (bicyclic) bond motifs is 1. The van der Waals surface area contributed by atoms with Crippen LogP contribution < -0.4 is 5.32 Å². The van der Waals surface area contributed by atoms with Crippen LogP contribution in [0.3, 0.4) is 0 Å². The van der Waals surface area contributed by atoms with E-state index in [1.807, 2.05) is 30.3 Å². The Balaban J connectivity index is 1.72. The number of nitrogens with zero attached hydrogens (tertiary/aromatic N) is 1. The Morgan fingerprint density at radius 3 is 2.76 bits per heavy atom. The van der Waals surface area contributed by atoms with Crippen LogP contribution >= 0.6 is 11.3 Å². The fourth-order valence-corrected chi connectivity index (χ4v) is 4.11. The molecule has 1 aromatic heterocycles. The summed E-state index contributed by atoms with van der Waals surface area (Å²) in [5, 5.41) is 3.52. The highest BCUT2D eigenvalue weighted by Crippen LogP contribution is 2.31. The topological polar surface area (TPSA) is 49.4 Å². The van der Waals surface area contributed by atoms with E-state index >= 15 is 0 Å². The van der Waals surface area contributed by atoms with Crippen molar-refractivity contribution in [2.24, 2.45) is 0 Å². The average Bonchev–Trinajstić information content (AvgIpc) is 3.04. The maximum Gasteiger partial charge on any atom is 0.264 e. The van der Waals surface area contributed by atoms with Gasteiger partial charge in [0.2, 0.25) is 5.91 Å². The van der Waals surface area contributed by atoms with E-state index in [0.717, 1.165) is 10.3 Å². The van der Waals surface area contributed by atoms with Crippen LogP contribution in [-0.4, -0.2) is 29.8 Å². The Bertz CT molecular complexity index is 954. The predicted molar refractivity (Wildman–Crippen MR) is 95.0 cm³/mol. The van der Waals surface area contributed by atoms with Gasteiger partial charge in [-0.25, -0.2) is 4.39 Å². The zero-order valence-corrected chi connectivity index (χ0v) is 14.1. The molecule has 3 aromatic rings. The van der Waals surface area contributed by atoms with Crippen molar-refractivity contribution in [3.63, 3.8) is 0 Å². The highest BCUT2D eigenvalue weighted by molar-refractivity contribution is 7.20. The Hall–Kier alpha value is -2.73. The molecule has 25 heavy (non-hydrogen) atoms. The number of rotatable bonds is 2. The van der Waals surface area contributed by atoms with Crippen LogP contribution in [0.5, 0.6) is 0 Å². The minimum atomic E-state index is -0.649. The van der Waals surface area contributed by atoms with Gasteiger partial charge in [-0.3, -0.25) is 9.59 Å². The fourth-order valence-electron chi connectivity index (χ4n) is 3.11. The molecule has 0 spiro atoms. The number of hydrogen-bond acceptors (Lipinski definition) is 3. The molecule has 0 aliphatic carbocycles. The monoisotopic (exact) mass is 354 g/mol. The van der Waals surface area contributed by atoms with E-state index in [9.17, 15) is 14.0 Å². The molecule has 6 heteroatoms. The van der Waals surface area contributed by atoms with Crippen LogP contribution in [0.4, 0.5) is 4.39 Å². The van der Waals surface area contributed by atoms with Crippen molar-refractivity contribution in [1.82, 2.24) is 10.2 Å². The second-order valence-electron chi connectivity index (χ2n) is 5.90. The third-order valence-electron chi connectivity index (χ3n) is 4.28. The van der Waals surface area contributed by atoms with E-state index in [1.165, 1.54) is 23.5 Å². The first-order valence-electron chi connectivity index (χ1n) is 7.96. The molecule has 1 N–H and O–H groups in total. The summed E-state index contributed by atoms with van der Waals surface area (Å²) in [6, 6.07) is 14.8. The van der Waals surface area contributed by atoms with Crippen molar-refractivity contribution >= 4 is 33.2 Å². The van der Waals surface area contributed by atoms with Crippen molar-refractivity contribution < 1.29 is 14.0 Å². The van der Waals surface area contributed by atoms with Crippen molar-refractivity contribution in [2.75, 3.05) is 13.1 Å². The average molecular weight is 354 g/mol. The molecule has 0 saturated carbocycles. The SMILES string of the molecule is O=C1NCCN(C(=O)c2cc3cc(F)ccc3s2)[C@@H]1c1ccccc1. The molecule has 4 rings (SSSR count). The smallest absolute Gasteiger partial charge is 0.264 e. The van der Waals surface area contributed by atoms with Crippen LogP contribution in [0, 0.1) is 5.82 Å². The number of carbonyl (C=O) groups is 2. The first-order valence-corrected chi connectivity index (χ1v) is 8.78. The molecule has 1 fully saturated rings. The van der Waals surface area contributed by atoms with Gasteiger partial charge in [-0.15, -0.1) is 11.3 Å². The molecule has 0 bridgehead atoms. The zero-order chi connectivity index (χ0) is 17.4. The highest BCUT2D eigenvalue weighted by Gasteiger charge is 2.35. The molecule has 0 radical (unpaired) electrons. The molecule has 4 nitrogen and oxygen atoms in total. The lowest BCUT2D eigenvalue weighted by molar-refractivity contribution is -0.128. The lowest BCUT2D eigenvalue weighted by Crippen LogP contribution is -2.52. The number of piperazine rings is 1. The summed E-state index contributed by atoms with van der Waals surface area (Å²) in [6.07, 6.45) is 0. The predicted octanol–water partition coefficient (Wildman–Crippen LogP) is 3.35. The Morgan fingerprint density at radius 2 is 1.96 bits per heavy atom. The molecular formula is C19H15FN2O2S. The van der Waals surface area contributed by atoms with Crippen molar-refractivity contribution in [3.05, 3.63) is 70.9 Å². The van der Waals surface area contributed by atoms with Gasteiger partial charge in [0.05, 0.1) is 4.88 Å². The van der Waals surface area contributed by atoms with E-state index < -0.39 is 6.04 Å². The fraction of sp³-hybridized carbons (Fsp3) is 0.158. The summed E-state index contributed by atoms with van der Waals surface area (Å²) in [5.74, 6) is -0.716. The molecule has 2 heterocycles. The second-order valence-corrected chi connectivity index (χ2v) is 6.98. The Morgan fingerprint density at radius 1 is 1.16 bits per heavy atom. The molecule has 1 saturated heterocycles.